The second-order valence-electron chi connectivity index (χ2n) is 3.79. The van der Waals surface area contributed by atoms with Crippen molar-refractivity contribution in [3.63, 3.8) is 0 Å². The quantitative estimate of drug-likeness (QED) is 0.768. The molecule has 0 aliphatic rings. The summed E-state index contributed by atoms with van der Waals surface area (Å²) in [7, 11) is 1.30. The minimum absolute atomic E-state index is 0.155. The number of carbonyl (C=O) groups is 2. The fourth-order valence-corrected chi connectivity index (χ4v) is 2.76. The van der Waals surface area contributed by atoms with Crippen molar-refractivity contribution in [2.45, 2.75) is 0 Å². The van der Waals surface area contributed by atoms with E-state index >= 15 is 0 Å². The zero-order chi connectivity index (χ0) is 14.5. The predicted molar refractivity (Wildman–Crippen MR) is 87.5 cm³/mol. The number of thiophene rings is 1. The summed E-state index contributed by atoms with van der Waals surface area (Å²) in [4.78, 5) is 23.0. The largest absolute Gasteiger partial charge is 0.453 e. The first kappa shape index (κ1) is 14.8. The summed E-state index contributed by atoms with van der Waals surface area (Å²) < 4.78 is 5.55. The van der Waals surface area contributed by atoms with Crippen molar-refractivity contribution in [2.75, 3.05) is 17.7 Å². The molecule has 0 spiro atoms. The van der Waals surface area contributed by atoms with E-state index < -0.39 is 6.09 Å². The highest BCUT2D eigenvalue weighted by Gasteiger charge is 2.08. The topological polar surface area (TPSA) is 67.4 Å². The summed E-state index contributed by atoms with van der Waals surface area (Å²) in [5.41, 5.74) is 1.89. The molecule has 104 valence electrons. The first-order valence-corrected chi connectivity index (χ1v) is 7.55. The lowest BCUT2D eigenvalue weighted by Crippen LogP contribution is -2.12. The van der Waals surface area contributed by atoms with Gasteiger partial charge in [-0.25, -0.2) is 4.79 Å². The van der Waals surface area contributed by atoms with Crippen LogP contribution in [0.25, 0.3) is 0 Å². The molecule has 2 N–H and O–H groups in total. The van der Waals surface area contributed by atoms with Gasteiger partial charge in [0, 0.05) is 16.8 Å². The molecule has 1 aromatic carbocycles. The van der Waals surface area contributed by atoms with E-state index in [0.29, 0.717) is 16.9 Å². The predicted octanol–water partition coefficient (Wildman–Crippen LogP) is 3.78. The van der Waals surface area contributed by atoms with E-state index in [2.05, 4.69) is 38.0 Å². The van der Waals surface area contributed by atoms with Crippen LogP contribution in [0, 0.1) is 2.88 Å². The van der Waals surface area contributed by atoms with E-state index in [0.717, 1.165) is 2.88 Å². The van der Waals surface area contributed by atoms with Gasteiger partial charge >= 0.3 is 6.09 Å². The average Bonchev–Trinajstić information content (AvgIpc) is 2.87. The molecule has 2 rings (SSSR count). The Morgan fingerprint density at radius 1 is 1.15 bits per heavy atom. The molecule has 0 saturated heterocycles. The summed E-state index contributed by atoms with van der Waals surface area (Å²) in [6, 6.07) is 8.61. The number of halogens is 1. The lowest BCUT2D eigenvalue weighted by atomic mass is 10.2. The third-order valence-electron chi connectivity index (χ3n) is 2.40. The van der Waals surface area contributed by atoms with Gasteiger partial charge in [0.2, 0.25) is 0 Å². The minimum Gasteiger partial charge on any atom is -0.453 e. The summed E-state index contributed by atoms with van der Waals surface area (Å²) in [6.07, 6.45) is -0.533. The number of carbonyl (C=O) groups excluding carboxylic acids is 2. The Bertz CT molecular complexity index is 625. The molecule has 1 aromatic heterocycles. The van der Waals surface area contributed by atoms with Crippen molar-refractivity contribution < 1.29 is 14.3 Å². The van der Waals surface area contributed by atoms with Gasteiger partial charge in [0.1, 0.15) is 0 Å². The van der Waals surface area contributed by atoms with E-state index in [4.69, 9.17) is 0 Å². The van der Waals surface area contributed by atoms with Crippen LogP contribution >= 0.6 is 33.9 Å². The highest BCUT2D eigenvalue weighted by molar-refractivity contribution is 14.1. The average molecular weight is 402 g/mol. The van der Waals surface area contributed by atoms with E-state index in [1.54, 1.807) is 24.3 Å². The van der Waals surface area contributed by atoms with Crippen LogP contribution in [0.4, 0.5) is 16.2 Å². The van der Waals surface area contributed by atoms with Gasteiger partial charge in [0.15, 0.2) is 0 Å². The SMILES string of the molecule is COC(=O)Nc1ccc(NC(=O)c2csc(I)c2)cc1. The monoisotopic (exact) mass is 402 g/mol. The van der Waals surface area contributed by atoms with Crippen molar-refractivity contribution in [1.82, 2.24) is 0 Å². The molecule has 0 saturated carbocycles. The molecule has 2 aromatic rings. The van der Waals surface area contributed by atoms with Crippen LogP contribution in [0.5, 0.6) is 0 Å². The molecule has 0 fully saturated rings. The molecule has 5 nitrogen and oxygen atoms in total. The molecule has 0 atom stereocenters. The molecule has 0 bridgehead atoms. The number of anilines is 2. The summed E-state index contributed by atoms with van der Waals surface area (Å²) in [5, 5.41) is 7.13. The molecule has 0 aliphatic carbocycles. The van der Waals surface area contributed by atoms with Crippen LogP contribution in [0.2, 0.25) is 0 Å². The smallest absolute Gasteiger partial charge is 0.411 e. The zero-order valence-corrected chi connectivity index (χ0v) is 13.4. The first-order chi connectivity index (χ1) is 9.58. The zero-order valence-electron chi connectivity index (χ0n) is 10.5. The van der Waals surface area contributed by atoms with Gasteiger partial charge in [-0.05, 0) is 52.9 Å². The molecule has 0 aliphatic heterocycles. The van der Waals surface area contributed by atoms with Gasteiger partial charge < -0.3 is 10.1 Å². The van der Waals surface area contributed by atoms with Crippen molar-refractivity contribution in [1.29, 1.82) is 0 Å². The first-order valence-electron chi connectivity index (χ1n) is 5.59. The Balaban J connectivity index is 2.00. The Hall–Kier alpha value is -1.61. The maximum atomic E-state index is 11.9. The molecule has 1 heterocycles. The van der Waals surface area contributed by atoms with Crippen molar-refractivity contribution in [2.24, 2.45) is 0 Å². The van der Waals surface area contributed by atoms with Crippen molar-refractivity contribution in [3.8, 4) is 0 Å². The Kier molecular flexibility index (Phi) is 4.96. The highest BCUT2D eigenvalue weighted by atomic mass is 127. The van der Waals surface area contributed by atoms with Crippen molar-refractivity contribution >= 4 is 57.3 Å². The van der Waals surface area contributed by atoms with Crippen LogP contribution in [0.3, 0.4) is 0 Å². The number of amides is 2. The number of hydrogen-bond donors (Lipinski definition) is 2. The standard InChI is InChI=1S/C13H11IN2O3S/c1-19-13(18)16-10-4-2-9(3-5-10)15-12(17)8-6-11(14)20-7-8/h2-7H,1H3,(H,15,17)(H,16,18). The van der Waals surface area contributed by atoms with Crippen LogP contribution in [0.1, 0.15) is 10.4 Å². The summed E-state index contributed by atoms with van der Waals surface area (Å²) >= 11 is 3.69. The second kappa shape index (κ2) is 6.71. The molecule has 0 unspecified atom stereocenters. The number of rotatable bonds is 3. The summed E-state index contributed by atoms with van der Waals surface area (Å²) in [5.74, 6) is -0.155. The third-order valence-corrected chi connectivity index (χ3v) is 4.19. The van der Waals surface area contributed by atoms with Crippen LogP contribution in [-0.2, 0) is 4.74 Å². The number of methoxy groups -OCH3 is 1. The number of benzene rings is 1. The lowest BCUT2D eigenvalue weighted by molar-refractivity contribution is 0.102. The van der Waals surface area contributed by atoms with Crippen LogP contribution < -0.4 is 10.6 Å². The Morgan fingerprint density at radius 2 is 1.75 bits per heavy atom. The number of ether oxygens (including phenoxy) is 1. The van der Waals surface area contributed by atoms with E-state index in [1.165, 1.54) is 18.4 Å². The van der Waals surface area contributed by atoms with Gasteiger partial charge in [-0.3, -0.25) is 10.1 Å². The number of hydrogen-bond acceptors (Lipinski definition) is 4. The van der Waals surface area contributed by atoms with Gasteiger partial charge in [0.05, 0.1) is 15.6 Å². The molecular formula is C13H11IN2O3S. The van der Waals surface area contributed by atoms with Gasteiger partial charge in [0.25, 0.3) is 5.91 Å². The van der Waals surface area contributed by atoms with E-state index in [9.17, 15) is 9.59 Å². The van der Waals surface area contributed by atoms with Gasteiger partial charge in [-0.15, -0.1) is 11.3 Å². The summed E-state index contributed by atoms with van der Waals surface area (Å²) in [6.45, 7) is 0. The lowest BCUT2D eigenvalue weighted by Gasteiger charge is -2.06. The van der Waals surface area contributed by atoms with Crippen LogP contribution in [-0.4, -0.2) is 19.1 Å². The third kappa shape index (κ3) is 3.94. The van der Waals surface area contributed by atoms with E-state index in [-0.39, 0.29) is 5.91 Å². The van der Waals surface area contributed by atoms with Gasteiger partial charge in [-0.1, -0.05) is 0 Å². The van der Waals surface area contributed by atoms with E-state index in [1.807, 2.05) is 11.4 Å². The maximum Gasteiger partial charge on any atom is 0.411 e. The molecule has 20 heavy (non-hydrogen) atoms. The highest BCUT2D eigenvalue weighted by Crippen LogP contribution is 2.19. The fourth-order valence-electron chi connectivity index (χ4n) is 1.44. The van der Waals surface area contributed by atoms with Crippen LogP contribution in [0.15, 0.2) is 35.7 Å². The number of nitrogens with one attached hydrogen (secondary N) is 2. The second-order valence-corrected chi connectivity index (χ2v) is 6.59. The molecule has 2 amide bonds. The normalized spacial score (nSPS) is 9.90. The maximum absolute atomic E-state index is 11.9. The molecule has 7 heteroatoms. The Morgan fingerprint density at radius 3 is 2.25 bits per heavy atom. The molecule has 0 radical (unpaired) electrons. The molecular weight excluding hydrogens is 391 g/mol. The van der Waals surface area contributed by atoms with Crippen molar-refractivity contribution in [3.05, 3.63) is 44.2 Å². The van der Waals surface area contributed by atoms with Gasteiger partial charge in [-0.2, -0.15) is 0 Å². The minimum atomic E-state index is -0.533. The fraction of sp³-hybridized carbons (Fsp3) is 0.0769. The Labute approximate surface area is 133 Å².